The zero-order valence-corrected chi connectivity index (χ0v) is 15.2. The molecule has 2 heterocycles. The minimum atomic E-state index is -4.47. The van der Waals surface area contributed by atoms with Crippen molar-refractivity contribution in [3.8, 4) is 11.5 Å². The van der Waals surface area contributed by atoms with Crippen LogP contribution in [0.2, 0.25) is 0 Å². The molecule has 0 spiro atoms. The Morgan fingerprint density at radius 1 is 1.22 bits per heavy atom. The zero-order valence-electron chi connectivity index (χ0n) is 13.6. The molecule has 1 aromatic carbocycles. The fourth-order valence-corrected chi connectivity index (χ4v) is 2.83. The first-order valence-electron chi connectivity index (χ1n) is 7.73. The minimum absolute atomic E-state index is 0.0303. The van der Waals surface area contributed by atoms with Gasteiger partial charge >= 0.3 is 6.18 Å². The highest BCUT2D eigenvalue weighted by molar-refractivity contribution is 9.10. The van der Waals surface area contributed by atoms with Crippen molar-refractivity contribution in [1.82, 2.24) is 15.1 Å². The highest BCUT2D eigenvalue weighted by Gasteiger charge is 2.32. The largest absolute Gasteiger partial charge is 0.417 e. The summed E-state index contributed by atoms with van der Waals surface area (Å²) >= 11 is 2.86. The van der Waals surface area contributed by atoms with E-state index in [0.29, 0.717) is 11.5 Å². The number of benzene rings is 1. The molecule has 0 saturated carbocycles. The quantitative estimate of drug-likeness (QED) is 0.632. The summed E-state index contributed by atoms with van der Waals surface area (Å²) in [5.74, 6) is 0.191. The maximum Gasteiger partial charge on any atom is 0.417 e. The lowest BCUT2D eigenvalue weighted by Crippen LogP contribution is -2.13. The average molecular weight is 441 g/mol. The van der Waals surface area contributed by atoms with Crippen LogP contribution in [0.1, 0.15) is 17.9 Å². The van der Waals surface area contributed by atoms with E-state index in [-0.39, 0.29) is 34.8 Å². The van der Waals surface area contributed by atoms with Gasteiger partial charge in [0.25, 0.3) is 0 Å². The summed E-state index contributed by atoms with van der Waals surface area (Å²) in [5, 5.41) is 6.33. The van der Waals surface area contributed by atoms with Gasteiger partial charge < -0.3 is 9.84 Å². The minimum Gasteiger partial charge on any atom is -0.339 e. The first-order valence-corrected chi connectivity index (χ1v) is 8.53. The Morgan fingerprint density at radius 3 is 2.70 bits per heavy atom. The van der Waals surface area contributed by atoms with Crippen molar-refractivity contribution < 1.29 is 22.5 Å². The summed E-state index contributed by atoms with van der Waals surface area (Å²) in [4.78, 5) is 20.3. The number of nitrogens with zero attached hydrogens (tertiary/aromatic N) is 3. The number of hydrogen-bond donors (Lipinski definition) is 1. The first-order chi connectivity index (χ1) is 12.8. The van der Waals surface area contributed by atoms with Crippen LogP contribution in [0.25, 0.3) is 11.5 Å². The van der Waals surface area contributed by atoms with Crippen molar-refractivity contribution in [1.29, 1.82) is 0 Å². The summed E-state index contributed by atoms with van der Waals surface area (Å²) in [5.41, 5.74) is -0.0143. The van der Waals surface area contributed by atoms with Crippen LogP contribution in [0.15, 0.2) is 51.6 Å². The molecule has 3 aromatic rings. The third-order valence-corrected chi connectivity index (χ3v) is 4.14. The van der Waals surface area contributed by atoms with Crippen molar-refractivity contribution in [2.24, 2.45) is 0 Å². The number of pyridine rings is 1. The smallest absolute Gasteiger partial charge is 0.339 e. The number of carbonyl (C=O) groups is 1. The van der Waals surface area contributed by atoms with Gasteiger partial charge in [0, 0.05) is 29.2 Å². The lowest BCUT2D eigenvalue weighted by atomic mass is 10.2. The van der Waals surface area contributed by atoms with E-state index in [1.165, 1.54) is 12.1 Å². The van der Waals surface area contributed by atoms with Crippen molar-refractivity contribution in [3.63, 3.8) is 0 Å². The zero-order chi connectivity index (χ0) is 19.4. The molecule has 0 aliphatic heterocycles. The molecular weight excluding hydrogens is 429 g/mol. The van der Waals surface area contributed by atoms with Crippen molar-refractivity contribution >= 4 is 27.5 Å². The molecule has 27 heavy (non-hydrogen) atoms. The second-order valence-corrected chi connectivity index (χ2v) is 6.32. The number of carbonyl (C=O) groups excluding carboxylic acids is 1. The Bertz CT molecular complexity index is 945. The molecular formula is C17H12BrF3N4O2. The van der Waals surface area contributed by atoms with E-state index in [9.17, 15) is 18.0 Å². The molecule has 0 atom stereocenters. The van der Waals surface area contributed by atoms with Crippen LogP contribution in [0.5, 0.6) is 0 Å². The van der Waals surface area contributed by atoms with Gasteiger partial charge in [0.2, 0.25) is 17.6 Å². The number of nitrogens with one attached hydrogen (secondary N) is 1. The van der Waals surface area contributed by atoms with Gasteiger partial charge in [-0.1, -0.05) is 27.2 Å². The molecule has 1 amide bonds. The molecule has 0 aliphatic rings. The number of hydrogen-bond acceptors (Lipinski definition) is 5. The van der Waals surface area contributed by atoms with E-state index in [1.54, 1.807) is 24.4 Å². The number of anilines is 1. The molecule has 0 radical (unpaired) electrons. The van der Waals surface area contributed by atoms with Crippen LogP contribution in [-0.2, 0) is 17.4 Å². The summed E-state index contributed by atoms with van der Waals surface area (Å²) in [7, 11) is 0. The Morgan fingerprint density at radius 2 is 2.04 bits per heavy atom. The molecule has 0 unspecified atom stereocenters. The number of aryl methyl sites for hydroxylation is 1. The normalized spacial score (nSPS) is 11.4. The van der Waals surface area contributed by atoms with Crippen LogP contribution in [0.3, 0.4) is 0 Å². The standard InChI is InChI=1S/C17H12BrF3N4O2/c18-12-9-10(4-5-11(12)17(19,20)21)23-14(26)6-7-15-24-16(25-27-15)13-3-1-2-8-22-13/h1-5,8-9H,6-7H2,(H,23,26). The number of rotatable bonds is 5. The maximum absolute atomic E-state index is 12.7. The van der Waals surface area contributed by atoms with E-state index < -0.39 is 11.7 Å². The summed E-state index contributed by atoms with van der Waals surface area (Å²) in [6, 6.07) is 8.56. The van der Waals surface area contributed by atoms with E-state index in [2.05, 4.69) is 36.4 Å². The molecule has 0 saturated heterocycles. The van der Waals surface area contributed by atoms with Crippen molar-refractivity contribution in [3.05, 3.63) is 58.5 Å². The molecule has 2 aromatic heterocycles. The van der Waals surface area contributed by atoms with Gasteiger partial charge in [0.15, 0.2) is 0 Å². The van der Waals surface area contributed by atoms with Gasteiger partial charge in [-0.05, 0) is 30.3 Å². The van der Waals surface area contributed by atoms with Gasteiger partial charge in [-0.3, -0.25) is 9.78 Å². The highest BCUT2D eigenvalue weighted by atomic mass is 79.9. The molecule has 3 rings (SSSR count). The predicted molar refractivity (Wildman–Crippen MR) is 93.6 cm³/mol. The average Bonchev–Trinajstić information content (AvgIpc) is 3.09. The van der Waals surface area contributed by atoms with E-state index in [1.807, 2.05) is 0 Å². The third kappa shape index (κ3) is 4.91. The third-order valence-electron chi connectivity index (χ3n) is 3.49. The van der Waals surface area contributed by atoms with Gasteiger partial charge in [0.1, 0.15) is 5.69 Å². The molecule has 1 N–H and O–H groups in total. The molecule has 140 valence electrons. The monoisotopic (exact) mass is 440 g/mol. The van der Waals surface area contributed by atoms with Crippen LogP contribution in [-0.4, -0.2) is 21.0 Å². The number of aromatic nitrogens is 3. The second-order valence-electron chi connectivity index (χ2n) is 5.47. The predicted octanol–water partition coefficient (Wildman–Crippen LogP) is 4.48. The fraction of sp³-hybridized carbons (Fsp3) is 0.176. The Labute approximate surface area is 159 Å². The number of halogens is 4. The Balaban J connectivity index is 1.57. The molecule has 6 nitrogen and oxygen atoms in total. The summed E-state index contributed by atoms with van der Waals surface area (Å²) < 4.78 is 43.1. The molecule has 0 fully saturated rings. The molecule has 0 aliphatic carbocycles. The van der Waals surface area contributed by atoms with Crippen LogP contribution in [0.4, 0.5) is 18.9 Å². The highest BCUT2D eigenvalue weighted by Crippen LogP contribution is 2.36. The number of amides is 1. The fourth-order valence-electron chi connectivity index (χ4n) is 2.22. The van der Waals surface area contributed by atoms with Crippen LogP contribution in [0, 0.1) is 0 Å². The van der Waals surface area contributed by atoms with Crippen LogP contribution >= 0.6 is 15.9 Å². The maximum atomic E-state index is 12.7. The SMILES string of the molecule is O=C(CCc1nc(-c2ccccn2)no1)Nc1ccc(C(F)(F)F)c(Br)c1. The van der Waals surface area contributed by atoms with Crippen molar-refractivity contribution in [2.75, 3.05) is 5.32 Å². The topological polar surface area (TPSA) is 80.9 Å². The van der Waals surface area contributed by atoms with Gasteiger partial charge in [-0.25, -0.2) is 0 Å². The van der Waals surface area contributed by atoms with Crippen molar-refractivity contribution in [2.45, 2.75) is 19.0 Å². The number of alkyl halides is 3. The lowest BCUT2D eigenvalue weighted by Gasteiger charge is -2.11. The Hall–Kier alpha value is -2.75. The summed E-state index contributed by atoms with van der Waals surface area (Å²) in [6.07, 6.45) is -2.65. The second kappa shape index (κ2) is 7.87. The summed E-state index contributed by atoms with van der Waals surface area (Å²) in [6.45, 7) is 0. The first kappa shape index (κ1) is 19.0. The van der Waals surface area contributed by atoms with Gasteiger partial charge in [-0.15, -0.1) is 0 Å². The lowest BCUT2D eigenvalue weighted by molar-refractivity contribution is -0.138. The van der Waals surface area contributed by atoms with E-state index >= 15 is 0 Å². The van der Waals surface area contributed by atoms with Gasteiger partial charge in [0.05, 0.1) is 5.56 Å². The van der Waals surface area contributed by atoms with Crippen LogP contribution < -0.4 is 5.32 Å². The van der Waals surface area contributed by atoms with E-state index in [0.717, 1.165) is 6.07 Å². The van der Waals surface area contributed by atoms with Gasteiger partial charge in [-0.2, -0.15) is 18.2 Å². The Kier molecular flexibility index (Phi) is 5.54. The van der Waals surface area contributed by atoms with E-state index in [4.69, 9.17) is 4.52 Å². The molecule has 10 heteroatoms. The molecule has 0 bridgehead atoms.